The van der Waals surface area contributed by atoms with Crippen LogP contribution in [-0.2, 0) is 9.59 Å². The van der Waals surface area contributed by atoms with Gasteiger partial charge in [-0.15, -0.1) is 11.3 Å². The summed E-state index contributed by atoms with van der Waals surface area (Å²) in [6, 6.07) is 8.50. The maximum Gasteiger partial charge on any atom is 0.265 e. The number of hydrogen-bond donors (Lipinski definition) is 0. The average molecular weight is 344 g/mol. The fraction of sp³-hybridized carbons (Fsp3) is 0.235. The van der Waals surface area contributed by atoms with Crippen LogP contribution in [0.25, 0.3) is 0 Å². The van der Waals surface area contributed by atoms with E-state index in [0.717, 1.165) is 0 Å². The molecule has 0 N–H and O–H groups in total. The van der Waals surface area contributed by atoms with E-state index in [1.807, 2.05) is 11.4 Å². The third-order valence-electron chi connectivity index (χ3n) is 3.70. The highest BCUT2D eigenvalue weighted by Crippen LogP contribution is 2.33. The second-order valence-electron chi connectivity index (χ2n) is 5.55. The SMILES string of the molecule is CN(C)C(=O)CN1C(=O)COc2ccc(C(=O)c3cccs3)cc21. The van der Waals surface area contributed by atoms with Crippen molar-refractivity contribution in [1.29, 1.82) is 0 Å². The molecule has 1 aromatic carbocycles. The summed E-state index contributed by atoms with van der Waals surface area (Å²) >= 11 is 1.36. The number of carbonyl (C=O) groups excluding carboxylic acids is 3. The number of amides is 2. The number of carbonyl (C=O) groups is 3. The number of likely N-dealkylation sites (N-methyl/N-ethyl adjacent to an activating group) is 1. The number of rotatable bonds is 4. The van der Waals surface area contributed by atoms with Gasteiger partial charge in [0, 0.05) is 19.7 Å². The Balaban J connectivity index is 1.96. The molecule has 6 nitrogen and oxygen atoms in total. The summed E-state index contributed by atoms with van der Waals surface area (Å²) in [6.07, 6.45) is 0. The Morgan fingerprint density at radius 1 is 1.29 bits per heavy atom. The van der Waals surface area contributed by atoms with Gasteiger partial charge in [-0.1, -0.05) is 6.07 Å². The molecule has 0 spiro atoms. The van der Waals surface area contributed by atoms with Crippen LogP contribution in [0.3, 0.4) is 0 Å². The van der Waals surface area contributed by atoms with Crippen LogP contribution in [0.5, 0.6) is 5.75 Å². The smallest absolute Gasteiger partial charge is 0.265 e. The van der Waals surface area contributed by atoms with Gasteiger partial charge in [0.25, 0.3) is 5.91 Å². The molecule has 0 fully saturated rings. The number of ketones is 1. The minimum atomic E-state index is -0.307. The van der Waals surface area contributed by atoms with Gasteiger partial charge in [0.15, 0.2) is 6.61 Å². The Morgan fingerprint density at radius 2 is 2.08 bits per heavy atom. The average Bonchev–Trinajstić information content (AvgIpc) is 3.10. The first kappa shape index (κ1) is 16.2. The van der Waals surface area contributed by atoms with E-state index in [4.69, 9.17) is 4.74 Å². The summed E-state index contributed by atoms with van der Waals surface area (Å²) in [5.74, 6) is -0.141. The molecule has 3 rings (SSSR count). The number of ether oxygens (including phenoxy) is 1. The van der Waals surface area contributed by atoms with E-state index < -0.39 is 0 Å². The highest BCUT2D eigenvalue weighted by molar-refractivity contribution is 7.12. The van der Waals surface area contributed by atoms with E-state index in [1.54, 1.807) is 38.4 Å². The molecule has 0 aliphatic carbocycles. The molecule has 0 atom stereocenters. The number of hydrogen-bond acceptors (Lipinski definition) is 5. The fourth-order valence-electron chi connectivity index (χ4n) is 2.34. The van der Waals surface area contributed by atoms with E-state index in [1.165, 1.54) is 21.1 Å². The van der Waals surface area contributed by atoms with Gasteiger partial charge in [-0.05, 0) is 29.6 Å². The maximum absolute atomic E-state index is 12.5. The largest absolute Gasteiger partial charge is 0.482 e. The number of anilines is 1. The van der Waals surface area contributed by atoms with Gasteiger partial charge < -0.3 is 9.64 Å². The molecule has 7 heteroatoms. The molecule has 1 aromatic heterocycles. The number of thiophene rings is 1. The first-order valence-corrected chi connectivity index (χ1v) is 8.21. The molecule has 0 saturated heterocycles. The van der Waals surface area contributed by atoms with Crippen molar-refractivity contribution >= 4 is 34.6 Å². The molecule has 1 aliphatic heterocycles. The molecule has 2 amide bonds. The van der Waals surface area contributed by atoms with Crippen LogP contribution in [0.1, 0.15) is 15.2 Å². The van der Waals surface area contributed by atoms with Crippen LogP contribution in [0, 0.1) is 0 Å². The predicted molar refractivity (Wildman–Crippen MR) is 90.7 cm³/mol. The van der Waals surface area contributed by atoms with Crippen LogP contribution in [0.15, 0.2) is 35.7 Å². The van der Waals surface area contributed by atoms with Gasteiger partial charge in [-0.3, -0.25) is 19.3 Å². The molecule has 1 aliphatic rings. The van der Waals surface area contributed by atoms with Crippen molar-refractivity contribution in [2.24, 2.45) is 0 Å². The molecule has 0 saturated carbocycles. The van der Waals surface area contributed by atoms with Crippen LogP contribution >= 0.6 is 11.3 Å². The first-order valence-electron chi connectivity index (χ1n) is 7.33. The summed E-state index contributed by atoms with van der Waals surface area (Å²) in [7, 11) is 3.26. The lowest BCUT2D eigenvalue weighted by atomic mass is 10.1. The van der Waals surface area contributed by atoms with Crippen LogP contribution in [-0.4, -0.2) is 49.7 Å². The number of benzene rings is 1. The molecule has 0 bridgehead atoms. The lowest BCUT2D eigenvalue weighted by molar-refractivity contribution is -0.130. The molecule has 2 aromatic rings. The minimum Gasteiger partial charge on any atom is -0.482 e. The third-order valence-corrected chi connectivity index (χ3v) is 4.57. The highest BCUT2D eigenvalue weighted by Gasteiger charge is 2.28. The number of fused-ring (bicyclic) bond motifs is 1. The van der Waals surface area contributed by atoms with Gasteiger partial charge in [-0.25, -0.2) is 0 Å². The maximum atomic E-state index is 12.5. The van der Waals surface area contributed by atoms with Gasteiger partial charge in [0.05, 0.1) is 10.6 Å². The summed E-state index contributed by atoms with van der Waals surface area (Å²) in [4.78, 5) is 40.1. The van der Waals surface area contributed by atoms with E-state index in [9.17, 15) is 14.4 Å². The number of nitrogens with zero attached hydrogens (tertiary/aromatic N) is 2. The quantitative estimate of drug-likeness (QED) is 0.793. The van der Waals surface area contributed by atoms with Gasteiger partial charge in [0.1, 0.15) is 12.3 Å². The Kier molecular flexibility index (Phi) is 4.35. The fourth-order valence-corrected chi connectivity index (χ4v) is 3.03. The highest BCUT2D eigenvalue weighted by atomic mass is 32.1. The van der Waals surface area contributed by atoms with Crippen molar-refractivity contribution in [1.82, 2.24) is 4.90 Å². The van der Waals surface area contributed by atoms with Crippen molar-refractivity contribution in [2.75, 3.05) is 32.1 Å². The monoisotopic (exact) mass is 344 g/mol. The van der Waals surface area contributed by atoms with E-state index in [2.05, 4.69) is 0 Å². The summed E-state index contributed by atoms with van der Waals surface area (Å²) < 4.78 is 5.41. The molecular weight excluding hydrogens is 328 g/mol. The standard InChI is InChI=1S/C17H16N2O4S/c1-18(2)15(20)9-19-12-8-11(17(22)14-4-3-7-24-14)5-6-13(12)23-10-16(19)21/h3-8H,9-10H2,1-2H3. The molecule has 24 heavy (non-hydrogen) atoms. The van der Waals surface area contributed by atoms with Crippen molar-refractivity contribution in [2.45, 2.75) is 0 Å². The van der Waals surface area contributed by atoms with Gasteiger partial charge >= 0.3 is 0 Å². The predicted octanol–water partition coefficient (Wildman–Crippen LogP) is 1.79. The van der Waals surface area contributed by atoms with Crippen molar-refractivity contribution < 1.29 is 19.1 Å². The summed E-state index contributed by atoms with van der Waals surface area (Å²) in [5.41, 5.74) is 0.903. The molecule has 124 valence electrons. The van der Waals surface area contributed by atoms with Crippen molar-refractivity contribution in [3.05, 3.63) is 46.2 Å². The van der Waals surface area contributed by atoms with Crippen molar-refractivity contribution in [3.8, 4) is 5.75 Å². The Bertz CT molecular complexity index is 799. The van der Waals surface area contributed by atoms with Crippen molar-refractivity contribution in [3.63, 3.8) is 0 Å². The zero-order chi connectivity index (χ0) is 17.3. The van der Waals surface area contributed by atoms with Gasteiger partial charge in [-0.2, -0.15) is 0 Å². The molecular formula is C17H16N2O4S. The normalized spacial score (nSPS) is 13.2. The Morgan fingerprint density at radius 3 is 2.75 bits per heavy atom. The molecule has 0 unspecified atom stereocenters. The topological polar surface area (TPSA) is 66.9 Å². The van der Waals surface area contributed by atoms with Crippen LogP contribution < -0.4 is 9.64 Å². The van der Waals surface area contributed by atoms with E-state index in [-0.39, 0.29) is 30.7 Å². The lowest BCUT2D eigenvalue weighted by Crippen LogP contribution is -2.44. The van der Waals surface area contributed by atoms with E-state index in [0.29, 0.717) is 21.9 Å². The van der Waals surface area contributed by atoms with Crippen LogP contribution in [0.2, 0.25) is 0 Å². The minimum absolute atomic E-state index is 0.0845. The molecule has 0 radical (unpaired) electrons. The second-order valence-corrected chi connectivity index (χ2v) is 6.49. The zero-order valence-corrected chi connectivity index (χ0v) is 14.1. The van der Waals surface area contributed by atoms with E-state index >= 15 is 0 Å². The summed E-state index contributed by atoms with van der Waals surface area (Å²) in [5, 5.41) is 1.83. The second kappa shape index (κ2) is 6.45. The Labute approximate surface area is 143 Å². The zero-order valence-electron chi connectivity index (χ0n) is 13.3. The molecule has 2 heterocycles. The first-order chi connectivity index (χ1) is 11.5. The lowest BCUT2D eigenvalue weighted by Gasteiger charge is -2.30. The van der Waals surface area contributed by atoms with Crippen LogP contribution in [0.4, 0.5) is 5.69 Å². The third kappa shape index (κ3) is 3.03. The van der Waals surface area contributed by atoms with Gasteiger partial charge in [0.2, 0.25) is 11.7 Å². The Hall–Kier alpha value is -2.67. The summed E-state index contributed by atoms with van der Waals surface area (Å²) in [6.45, 7) is -0.204.